The van der Waals surface area contributed by atoms with Gasteiger partial charge in [-0.1, -0.05) is 107 Å². The molecule has 0 spiro atoms. The van der Waals surface area contributed by atoms with Crippen molar-refractivity contribution < 1.29 is 15.0 Å². The van der Waals surface area contributed by atoms with Crippen molar-refractivity contribution in [2.24, 2.45) is 0 Å². The van der Waals surface area contributed by atoms with Gasteiger partial charge in [-0.2, -0.15) is 0 Å². The van der Waals surface area contributed by atoms with Gasteiger partial charge < -0.3 is 15.5 Å². The van der Waals surface area contributed by atoms with E-state index >= 15 is 0 Å². The van der Waals surface area contributed by atoms with E-state index in [9.17, 15) is 15.0 Å². The van der Waals surface area contributed by atoms with Gasteiger partial charge >= 0.3 is 0 Å². The predicted molar refractivity (Wildman–Crippen MR) is 156 cm³/mol. The fraction of sp³-hybridized carbons (Fsp3) is 0.719. The van der Waals surface area contributed by atoms with E-state index in [0.29, 0.717) is 6.42 Å². The maximum Gasteiger partial charge on any atom is 0.220 e. The zero-order valence-corrected chi connectivity index (χ0v) is 23.5. The molecule has 0 radical (unpaired) electrons. The third-order valence-corrected chi connectivity index (χ3v) is 6.24. The van der Waals surface area contributed by atoms with Gasteiger partial charge in [-0.25, -0.2) is 0 Å². The second kappa shape index (κ2) is 27.9. The van der Waals surface area contributed by atoms with Gasteiger partial charge in [-0.15, -0.1) is 0 Å². The molecule has 2 atom stereocenters. The topological polar surface area (TPSA) is 69.6 Å². The van der Waals surface area contributed by atoms with E-state index in [4.69, 9.17) is 0 Å². The predicted octanol–water partition coefficient (Wildman–Crippen LogP) is 8.11. The van der Waals surface area contributed by atoms with Crippen LogP contribution in [-0.2, 0) is 4.79 Å². The summed E-state index contributed by atoms with van der Waals surface area (Å²) in [5, 5.41) is 22.6. The number of aliphatic hydroxyl groups is 2. The molecule has 0 heterocycles. The molecule has 0 fully saturated rings. The molecular weight excluding hydrogens is 446 g/mol. The van der Waals surface area contributed by atoms with Crippen molar-refractivity contribution in [2.75, 3.05) is 6.61 Å². The molecule has 0 saturated heterocycles. The van der Waals surface area contributed by atoms with Crippen LogP contribution in [-0.4, -0.2) is 34.9 Å². The Kier molecular flexibility index (Phi) is 26.6. The SMILES string of the molecule is CCC/C=C/CC/C=C/CC/C=C/C(O)C(CO)NC(=O)CCCCCCC/C=C\CCCCCC. The molecule has 0 saturated carbocycles. The molecule has 0 aliphatic rings. The third kappa shape index (κ3) is 24.1. The lowest BCUT2D eigenvalue weighted by Gasteiger charge is -2.19. The first-order valence-electron chi connectivity index (χ1n) is 14.9. The first kappa shape index (κ1) is 34.4. The number of carbonyl (C=O) groups is 1. The van der Waals surface area contributed by atoms with Crippen LogP contribution in [0, 0.1) is 0 Å². The molecule has 0 aliphatic heterocycles. The van der Waals surface area contributed by atoms with E-state index in [2.05, 4.69) is 55.6 Å². The smallest absolute Gasteiger partial charge is 0.220 e. The van der Waals surface area contributed by atoms with Crippen LogP contribution in [0.4, 0.5) is 0 Å². The normalized spacial score (nSPS) is 14.0. The van der Waals surface area contributed by atoms with Gasteiger partial charge in [0.1, 0.15) is 0 Å². The van der Waals surface area contributed by atoms with Gasteiger partial charge in [0.25, 0.3) is 0 Å². The summed E-state index contributed by atoms with van der Waals surface area (Å²) < 4.78 is 0. The number of amides is 1. The molecule has 208 valence electrons. The summed E-state index contributed by atoms with van der Waals surface area (Å²) in [6.45, 7) is 4.16. The fourth-order valence-electron chi connectivity index (χ4n) is 3.91. The van der Waals surface area contributed by atoms with Gasteiger partial charge in [0.05, 0.1) is 18.8 Å². The quantitative estimate of drug-likeness (QED) is 0.0870. The average molecular weight is 504 g/mol. The van der Waals surface area contributed by atoms with Crippen molar-refractivity contribution in [1.29, 1.82) is 0 Å². The summed E-state index contributed by atoms with van der Waals surface area (Å²) >= 11 is 0. The van der Waals surface area contributed by atoms with Crippen LogP contribution in [0.3, 0.4) is 0 Å². The number of nitrogens with one attached hydrogen (secondary N) is 1. The maximum atomic E-state index is 12.2. The minimum atomic E-state index is -0.869. The van der Waals surface area contributed by atoms with Crippen molar-refractivity contribution >= 4 is 5.91 Å². The average Bonchev–Trinajstić information content (AvgIpc) is 2.88. The lowest BCUT2D eigenvalue weighted by molar-refractivity contribution is -0.123. The Labute approximate surface area is 223 Å². The van der Waals surface area contributed by atoms with Crippen LogP contribution in [0.1, 0.15) is 129 Å². The Morgan fingerprint density at radius 2 is 1.14 bits per heavy atom. The van der Waals surface area contributed by atoms with Crippen molar-refractivity contribution in [1.82, 2.24) is 5.32 Å². The highest BCUT2D eigenvalue weighted by Crippen LogP contribution is 2.09. The lowest BCUT2D eigenvalue weighted by atomic mass is 10.1. The molecule has 2 unspecified atom stereocenters. The van der Waals surface area contributed by atoms with Gasteiger partial charge in [-0.3, -0.25) is 4.79 Å². The summed E-state index contributed by atoms with van der Waals surface area (Å²) in [5.74, 6) is -0.0940. The number of aliphatic hydroxyl groups excluding tert-OH is 2. The van der Waals surface area contributed by atoms with Gasteiger partial charge in [0, 0.05) is 6.42 Å². The van der Waals surface area contributed by atoms with Crippen LogP contribution in [0.2, 0.25) is 0 Å². The van der Waals surface area contributed by atoms with Crippen LogP contribution < -0.4 is 5.32 Å². The summed E-state index contributed by atoms with van der Waals surface area (Å²) in [6.07, 6.45) is 36.1. The highest BCUT2D eigenvalue weighted by molar-refractivity contribution is 5.76. The number of rotatable bonds is 25. The molecule has 0 aromatic heterocycles. The Morgan fingerprint density at radius 1 is 0.639 bits per heavy atom. The highest BCUT2D eigenvalue weighted by atomic mass is 16.3. The standard InChI is InChI=1S/C32H57NO3/c1-3-5-7-9-11-13-15-16-18-20-22-24-26-28-32(36)33-30(29-34)31(35)27-25-23-21-19-17-14-12-10-8-6-4-2/h8,10,13,15,17,19,25,27,30-31,34-35H,3-7,9,11-12,14,16,18,20-24,26,28-29H2,1-2H3,(H,33,36)/b10-8+,15-13-,19-17+,27-25+. The van der Waals surface area contributed by atoms with Gasteiger partial charge in [-0.05, 0) is 64.2 Å². The second-order valence-corrected chi connectivity index (χ2v) is 9.79. The molecular formula is C32H57NO3. The Balaban J connectivity index is 3.80. The lowest BCUT2D eigenvalue weighted by Crippen LogP contribution is -2.45. The zero-order valence-electron chi connectivity index (χ0n) is 23.5. The van der Waals surface area contributed by atoms with E-state index in [1.165, 1.54) is 51.4 Å². The number of hydrogen-bond donors (Lipinski definition) is 3. The van der Waals surface area contributed by atoms with E-state index in [1.807, 2.05) is 6.08 Å². The van der Waals surface area contributed by atoms with Gasteiger partial charge in [0.2, 0.25) is 5.91 Å². The molecule has 0 aromatic carbocycles. The van der Waals surface area contributed by atoms with Crippen LogP contribution in [0.25, 0.3) is 0 Å². The molecule has 1 amide bonds. The fourth-order valence-corrected chi connectivity index (χ4v) is 3.91. The van der Waals surface area contributed by atoms with Crippen LogP contribution in [0.15, 0.2) is 48.6 Å². The van der Waals surface area contributed by atoms with E-state index in [0.717, 1.165) is 57.8 Å². The Bertz CT molecular complexity index is 594. The first-order chi connectivity index (χ1) is 17.7. The van der Waals surface area contributed by atoms with E-state index in [-0.39, 0.29) is 12.5 Å². The molecule has 4 heteroatoms. The molecule has 36 heavy (non-hydrogen) atoms. The first-order valence-corrected chi connectivity index (χ1v) is 14.9. The van der Waals surface area contributed by atoms with Crippen molar-refractivity contribution in [3.8, 4) is 0 Å². The van der Waals surface area contributed by atoms with Crippen LogP contribution in [0.5, 0.6) is 0 Å². The Morgan fingerprint density at radius 3 is 1.72 bits per heavy atom. The molecule has 0 aromatic rings. The molecule has 0 bridgehead atoms. The Hall–Kier alpha value is -1.65. The largest absolute Gasteiger partial charge is 0.394 e. The molecule has 3 N–H and O–H groups in total. The molecule has 0 aliphatic carbocycles. The minimum absolute atomic E-state index is 0.0940. The summed E-state index contributed by atoms with van der Waals surface area (Å²) in [5.41, 5.74) is 0. The highest BCUT2D eigenvalue weighted by Gasteiger charge is 2.17. The summed E-state index contributed by atoms with van der Waals surface area (Å²) in [4.78, 5) is 12.2. The summed E-state index contributed by atoms with van der Waals surface area (Å²) in [6, 6.07) is -0.645. The van der Waals surface area contributed by atoms with Gasteiger partial charge in [0.15, 0.2) is 0 Å². The number of carbonyl (C=O) groups excluding carboxylic acids is 1. The zero-order chi connectivity index (χ0) is 26.5. The second-order valence-electron chi connectivity index (χ2n) is 9.79. The van der Waals surface area contributed by atoms with Crippen molar-refractivity contribution in [2.45, 2.75) is 142 Å². The summed E-state index contributed by atoms with van der Waals surface area (Å²) in [7, 11) is 0. The number of allylic oxidation sites excluding steroid dienone is 7. The minimum Gasteiger partial charge on any atom is -0.394 e. The monoisotopic (exact) mass is 503 g/mol. The van der Waals surface area contributed by atoms with Crippen molar-refractivity contribution in [3.63, 3.8) is 0 Å². The van der Waals surface area contributed by atoms with E-state index < -0.39 is 12.1 Å². The number of hydrogen-bond acceptors (Lipinski definition) is 3. The third-order valence-electron chi connectivity index (χ3n) is 6.24. The van der Waals surface area contributed by atoms with Crippen molar-refractivity contribution in [3.05, 3.63) is 48.6 Å². The number of unbranched alkanes of at least 4 members (excludes halogenated alkanes) is 12. The molecule has 4 nitrogen and oxygen atoms in total. The maximum absolute atomic E-state index is 12.2. The van der Waals surface area contributed by atoms with E-state index in [1.54, 1.807) is 6.08 Å². The molecule has 0 rings (SSSR count). The van der Waals surface area contributed by atoms with Crippen LogP contribution >= 0.6 is 0 Å².